The number of nitrogens with zero attached hydrogens (tertiary/aromatic N) is 3. The monoisotopic (exact) mass is 345 g/mol. The molecule has 0 bridgehead atoms. The van der Waals surface area contributed by atoms with Crippen molar-refractivity contribution >= 4 is 27.2 Å². The van der Waals surface area contributed by atoms with Crippen LogP contribution < -0.4 is 11.1 Å². The lowest BCUT2D eigenvalue weighted by Gasteiger charge is -2.07. The molecule has 0 aliphatic rings. The smallest absolute Gasteiger partial charge is 0.109 e. The average molecular weight is 345 g/mol. The van der Waals surface area contributed by atoms with E-state index in [0.29, 0.717) is 19.4 Å². The highest BCUT2D eigenvalue weighted by Crippen LogP contribution is 2.34. The van der Waals surface area contributed by atoms with E-state index < -0.39 is 0 Å². The molecule has 3 aromatic rings. The quantitative estimate of drug-likeness (QED) is 0.687. The zero-order valence-corrected chi connectivity index (χ0v) is 14.3. The number of halogens is 1. The largest absolute Gasteiger partial charge is 0.378 e. The molecule has 7 heteroatoms. The fraction of sp³-hybridized carbons (Fsp3) is 0.353. The van der Waals surface area contributed by atoms with E-state index in [1.807, 2.05) is 19.1 Å². The molecular weight excluding hydrogens is 325 g/mol. The zero-order valence-electron chi connectivity index (χ0n) is 13.5. The van der Waals surface area contributed by atoms with Crippen LogP contribution in [0.3, 0.4) is 0 Å². The van der Waals surface area contributed by atoms with E-state index >= 15 is 0 Å². The Morgan fingerprint density at radius 3 is 2.88 bits per heavy atom. The fourth-order valence-electron chi connectivity index (χ4n) is 2.56. The summed E-state index contributed by atoms with van der Waals surface area (Å²) in [6, 6.07) is 3.78. The van der Waals surface area contributed by atoms with E-state index in [2.05, 4.69) is 20.5 Å². The number of nitrogens with two attached hydrogens (primary N) is 1. The van der Waals surface area contributed by atoms with Crippen LogP contribution in [0, 0.1) is 6.92 Å². The second-order valence-corrected chi connectivity index (χ2v) is 6.84. The lowest BCUT2D eigenvalue weighted by Crippen LogP contribution is -2.23. The molecule has 3 rings (SSSR count). The molecule has 126 valence electrons. The summed E-state index contributed by atoms with van der Waals surface area (Å²) in [5.41, 5.74) is 10.1. The molecule has 0 aliphatic carbocycles. The topological polar surface area (TPSA) is 76.7 Å². The van der Waals surface area contributed by atoms with Gasteiger partial charge < -0.3 is 11.1 Å². The minimum atomic E-state index is -0.385. The molecule has 3 aromatic heterocycles. The van der Waals surface area contributed by atoms with Gasteiger partial charge in [0, 0.05) is 29.9 Å². The summed E-state index contributed by atoms with van der Waals surface area (Å²) in [5, 5.41) is 11.8. The van der Waals surface area contributed by atoms with Gasteiger partial charge in [0.25, 0.3) is 0 Å². The van der Waals surface area contributed by atoms with E-state index in [0.717, 1.165) is 31.9 Å². The zero-order chi connectivity index (χ0) is 16.9. The fourth-order valence-corrected chi connectivity index (χ4v) is 3.87. The summed E-state index contributed by atoms with van der Waals surface area (Å²) in [4.78, 5) is 5.17. The van der Waals surface area contributed by atoms with Crippen molar-refractivity contribution in [1.29, 1.82) is 0 Å². The number of hydrogen-bond donors (Lipinski definition) is 2. The molecule has 24 heavy (non-hydrogen) atoms. The summed E-state index contributed by atoms with van der Waals surface area (Å²) in [6.45, 7) is 2.33. The van der Waals surface area contributed by atoms with Gasteiger partial charge >= 0.3 is 0 Å². The maximum absolute atomic E-state index is 12.5. The molecular formula is C17H20FN5S. The Morgan fingerprint density at radius 2 is 2.12 bits per heavy atom. The van der Waals surface area contributed by atoms with Crippen molar-refractivity contribution in [1.82, 2.24) is 15.2 Å². The van der Waals surface area contributed by atoms with Crippen LogP contribution in [0.25, 0.3) is 10.2 Å². The van der Waals surface area contributed by atoms with Gasteiger partial charge in [-0.2, -0.15) is 5.10 Å². The first-order valence-electron chi connectivity index (χ1n) is 7.87. The molecule has 5 nitrogen and oxygen atoms in total. The number of thiophene rings is 1. The van der Waals surface area contributed by atoms with Crippen molar-refractivity contribution in [3.8, 4) is 0 Å². The van der Waals surface area contributed by atoms with Crippen molar-refractivity contribution in [3.63, 3.8) is 0 Å². The number of aromatic nitrogens is 3. The lowest BCUT2D eigenvalue weighted by atomic mass is 10.1. The Labute approximate surface area is 144 Å². The number of fused-ring (bicyclic) bond motifs is 1. The average Bonchev–Trinajstić information content (AvgIpc) is 2.91. The van der Waals surface area contributed by atoms with Crippen LogP contribution in [0.15, 0.2) is 30.7 Å². The van der Waals surface area contributed by atoms with Gasteiger partial charge in [0.15, 0.2) is 0 Å². The normalized spacial score (nSPS) is 12.5. The van der Waals surface area contributed by atoms with Crippen LogP contribution in [0.4, 0.5) is 10.1 Å². The number of alkyl halides is 1. The van der Waals surface area contributed by atoms with Gasteiger partial charge in [-0.05, 0) is 43.0 Å². The molecule has 0 saturated carbocycles. The van der Waals surface area contributed by atoms with Crippen molar-refractivity contribution in [2.45, 2.75) is 32.4 Å². The van der Waals surface area contributed by atoms with E-state index in [1.165, 1.54) is 0 Å². The standard InChI is InChI=1S/C17H20FN5S/c1-11-15(8-13(19)2-5-18)24-17-14(10-22-23-16(11)17)21-9-12-3-6-20-7-4-12/h3-4,6-7,10,13H,2,5,8-9,19H2,1H3,(H,21,23)/t13-/m0/s1. The highest BCUT2D eigenvalue weighted by Gasteiger charge is 2.15. The molecule has 3 N–H and O–H groups in total. The maximum Gasteiger partial charge on any atom is 0.109 e. The molecule has 1 atom stereocenters. The number of anilines is 1. The first-order chi connectivity index (χ1) is 11.7. The van der Waals surface area contributed by atoms with Crippen LogP contribution in [0.2, 0.25) is 0 Å². The van der Waals surface area contributed by atoms with Gasteiger partial charge in [-0.1, -0.05) is 0 Å². The Balaban J connectivity index is 1.84. The van der Waals surface area contributed by atoms with E-state index in [4.69, 9.17) is 5.73 Å². The molecule has 0 radical (unpaired) electrons. The van der Waals surface area contributed by atoms with E-state index in [-0.39, 0.29) is 12.7 Å². The van der Waals surface area contributed by atoms with E-state index in [9.17, 15) is 4.39 Å². The van der Waals surface area contributed by atoms with Crippen molar-refractivity contribution < 1.29 is 4.39 Å². The van der Waals surface area contributed by atoms with Crippen LogP contribution in [0.5, 0.6) is 0 Å². The van der Waals surface area contributed by atoms with Crippen LogP contribution in [0.1, 0.15) is 22.4 Å². The molecule has 0 aromatic carbocycles. The third kappa shape index (κ3) is 3.68. The maximum atomic E-state index is 12.5. The molecule has 0 saturated heterocycles. The molecule has 0 aliphatic heterocycles. The van der Waals surface area contributed by atoms with Gasteiger partial charge in [0.1, 0.15) is 5.52 Å². The van der Waals surface area contributed by atoms with Gasteiger partial charge in [0.2, 0.25) is 0 Å². The molecule has 0 unspecified atom stereocenters. The van der Waals surface area contributed by atoms with Crippen molar-refractivity contribution in [2.24, 2.45) is 5.73 Å². The minimum absolute atomic E-state index is 0.164. The number of nitrogens with one attached hydrogen (secondary N) is 1. The Kier molecular flexibility index (Phi) is 5.32. The number of aryl methyl sites for hydroxylation is 1. The number of pyridine rings is 1. The second-order valence-electron chi connectivity index (χ2n) is 5.74. The lowest BCUT2D eigenvalue weighted by molar-refractivity contribution is 0.436. The first-order valence-corrected chi connectivity index (χ1v) is 8.68. The van der Waals surface area contributed by atoms with Crippen molar-refractivity contribution in [3.05, 3.63) is 46.7 Å². The third-order valence-corrected chi connectivity index (χ3v) is 5.30. The molecule has 0 fully saturated rings. The van der Waals surface area contributed by atoms with Crippen molar-refractivity contribution in [2.75, 3.05) is 12.0 Å². The van der Waals surface area contributed by atoms with Crippen LogP contribution in [-0.2, 0) is 13.0 Å². The highest BCUT2D eigenvalue weighted by atomic mass is 32.1. The van der Waals surface area contributed by atoms with Crippen LogP contribution in [-0.4, -0.2) is 27.9 Å². The SMILES string of the molecule is Cc1c(C[C@@H](N)CCF)sc2c(NCc3ccncc3)cnnc12. The summed E-state index contributed by atoms with van der Waals surface area (Å²) < 4.78 is 13.5. The summed E-state index contributed by atoms with van der Waals surface area (Å²) >= 11 is 1.66. The predicted molar refractivity (Wildman–Crippen MR) is 96.0 cm³/mol. The van der Waals surface area contributed by atoms with Gasteiger partial charge in [0.05, 0.1) is 23.3 Å². The number of hydrogen-bond acceptors (Lipinski definition) is 6. The first kappa shape index (κ1) is 16.7. The Morgan fingerprint density at radius 1 is 1.33 bits per heavy atom. The van der Waals surface area contributed by atoms with Gasteiger partial charge in [-0.25, -0.2) is 0 Å². The number of rotatable bonds is 7. The predicted octanol–water partition coefficient (Wildman–Crippen LogP) is 3.24. The van der Waals surface area contributed by atoms with Gasteiger partial charge in [-0.15, -0.1) is 16.4 Å². The second kappa shape index (κ2) is 7.63. The van der Waals surface area contributed by atoms with E-state index in [1.54, 1.807) is 29.9 Å². The third-order valence-electron chi connectivity index (χ3n) is 3.96. The summed E-state index contributed by atoms with van der Waals surface area (Å²) in [5.74, 6) is 0. The molecule has 3 heterocycles. The Hall–Kier alpha value is -2.12. The summed E-state index contributed by atoms with van der Waals surface area (Å²) in [6.07, 6.45) is 6.34. The summed E-state index contributed by atoms with van der Waals surface area (Å²) in [7, 11) is 0. The van der Waals surface area contributed by atoms with Gasteiger partial charge in [-0.3, -0.25) is 9.37 Å². The molecule has 0 spiro atoms. The Bertz CT molecular complexity index is 805. The highest BCUT2D eigenvalue weighted by molar-refractivity contribution is 7.19. The molecule has 0 amide bonds. The minimum Gasteiger partial charge on any atom is -0.378 e. The van der Waals surface area contributed by atoms with Crippen LogP contribution >= 0.6 is 11.3 Å².